The van der Waals surface area contributed by atoms with E-state index in [-0.39, 0.29) is 0 Å². The molecule has 0 aliphatic heterocycles. The van der Waals surface area contributed by atoms with E-state index in [2.05, 4.69) is 10.4 Å². The van der Waals surface area contributed by atoms with Gasteiger partial charge in [0.2, 0.25) is 0 Å². The summed E-state index contributed by atoms with van der Waals surface area (Å²) in [7, 11) is 0. The number of hydrogen-bond donors (Lipinski definition) is 2. The molecule has 1 aromatic carbocycles. The highest BCUT2D eigenvalue weighted by Crippen LogP contribution is 2.11. The Kier molecular flexibility index (Phi) is 2.80. The molecule has 0 radical (unpaired) electrons. The summed E-state index contributed by atoms with van der Waals surface area (Å²) in [6, 6.07) is 7.73. The Balaban J connectivity index is 2.11. The first-order chi connectivity index (χ1) is 7.38. The molecule has 1 aromatic heterocycles. The van der Waals surface area contributed by atoms with Crippen molar-refractivity contribution in [2.75, 3.05) is 5.43 Å². The highest BCUT2D eigenvalue weighted by Gasteiger charge is 1.91. The second-order valence-corrected chi connectivity index (χ2v) is 3.00. The van der Waals surface area contributed by atoms with E-state index < -0.39 is 0 Å². The molecule has 0 saturated carbocycles. The molecule has 0 aliphatic rings. The van der Waals surface area contributed by atoms with Crippen LogP contribution in [0.15, 0.2) is 41.3 Å². The second-order valence-electron chi connectivity index (χ2n) is 3.00. The molecule has 0 aliphatic carbocycles. The van der Waals surface area contributed by atoms with Crippen molar-refractivity contribution in [2.24, 2.45) is 5.84 Å². The van der Waals surface area contributed by atoms with Gasteiger partial charge in [-0.05, 0) is 23.8 Å². The SMILES string of the molecule is NNc1ccc(/C=C/c2cnco2)cc1. The van der Waals surface area contributed by atoms with E-state index in [0.717, 1.165) is 17.0 Å². The van der Waals surface area contributed by atoms with Crippen molar-refractivity contribution in [3.05, 3.63) is 48.2 Å². The van der Waals surface area contributed by atoms with Crippen LogP contribution in [0.25, 0.3) is 12.2 Å². The first-order valence-electron chi connectivity index (χ1n) is 4.52. The molecule has 15 heavy (non-hydrogen) atoms. The van der Waals surface area contributed by atoms with Crippen molar-refractivity contribution in [2.45, 2.75) is 0 Å². The summed E-state index contributed by atoms with van der Waals surface area (Å²) in [6.45, 7) is 0. The zero-order valence-electron chi connectivity index (χ0n) is 8.05. The molecule has 0 atom stereocenters. The summed E-state index contributed by atoms with van der Waals surface area (Å²) >= 11 is 0. The zero-order valence-corrected chi connectivity index (χ0v) is 8.05. The van der Waals surface area contributed by atoms with Crippen LogP contribution in [0.3, 0.4) is 0 Å². The van der Waals surface area contributed by atoms with Crippen LogP contribution in [0.4, 0.5) is 5.69 Å². The number of nitrogen functional groups attached to an aromatic ring is 1. The van der Waals surface area contributed by atoms with E-state index in [0.29, 0.717) is 0 Å². The predicted octanol–water partition coefficient (Wildman–Crippen LogP) is 2.13. The van der Waals surface area contributed by atoms with Crippen molar-refractivity contribution in [1.29, 1.82) is 0 Å². The van der Waals surface area contributed by atoms with Gasteiger partial charge in [-0.15, -0.1) is 0 Å². The maximum absolute atomic E-state index is 5.26. The third kappa shape index (κ3) is 2.45. The molecule has 0 saturated heterocycles. The molecular weight excluding hydrogens is 190 g/mol. The Morgan fingerprint density at radius 3 is 2.60 bits per heavy atom. The van der Waals surface area contributed by atoms with Crippen molar-refractivity contribution >= 4 is 17.8 Å². The first-order valence-corrected chi connectivity index (χ1v) is 4.52. The molecule has 0 unspecified atom stereocenters. The number of nitrogens with one attached hydrogen (secondary N) is 1. The largest absolute Gasteiger partial charge is 0.444 e. The van der Waals surface area contributed by atoms with E-state index >= 15 is 0 Å². The Bertz CT molecular complexity index is 431. The Morgan fingerprint density at radius 1 is 1.20 bits per heavy atom. The number of aromatic nitrogens is 1. The minimum absolute atomic E-state index is 0.732. The summed E-state index contributed by atoms with van der Waals surface area (Å²) in [6.07, 6.45) is 6.87. The first kappa shape index (κ1) is 9.48. The minimum atomic E-state index is 0.732. The third-order valence-electron chi connectivity index (χ3n) is 1.97. The van der Waals surface area contributed by atoms with Gasteiger partial charge in [0, 0.05) is 5.69 Å². The van der Waals surface area contributed by atoms with Gasteiger partial charge in [-0.1, -0.05) is 18.2 Å². The molecule has 0 spiro atoms. The van der Waals surface area contributed by atoms with Gasteiger partial charge in [-0.3, -0.25) is 5.84 Å². The summed E-state index contributed by atoms with van der Waals surface area (Å²) in [5.74, 6) is 5.99. The van der Waals surface area contributed by atoms with Gasteiger partial charge in [0.1, 0.15) is 5.76 Å². The minimum Gasteiger partial charge on any atom is -0.444 e. The lowest BCUT2D eigenvalue weighted by Crippen LogP contribution is -2.05. The molecule has 0 amide bonds. The quantitative estimate of drug-likeness (QED) is 0.589. The zero-order chi connectivity index (χ0) is 10.5. The van der Waals surface area contributed by atoms with Gasteiger partial charge in [0.05, 0.1) is 6.20 Å². The van der Waals surface area contributed by atoms with Gasteiger partial charge < -0.3 is 9.84 Å². The number of anilines is 1. The van der Waals surface area contributed by atoms with E-state index in [1.165, 1.54) is 6.39 Å². The number of nitrogens with two attached hydrogens (primary N) is 1. The van der Waals surface area contributed by atoms with Crippen LogP contribution in [0.5, 0.6) is 0 Å². The van der Waals surface area contributed by atoms with E-state index in [4.69, 9.17) is 10.3 Å². The van der Waals surface area contributed by atoms with Crippen molar-refractivity contribution in [3.63, 3.8) is 0 Å². The lowest BCUT2D eigenvalue weighted by Gasteiger charge is -1.98. The van der Waals surface area contributed by atoms with Gasteiger partial charge in [0.15, 0.2) is 6.39 Å². The number of rotatable bonds is 3. The van der Waals surface area contributed by atoms with E-state index in [9.17, 15) is 0 Å². The number of oxazole rings is 1. The highest BCUT2D eigenvalue weighted by molar-refractivity contribution is 5.67. The van der Waals surface area contributed by atoms with Crippen LogP contribution in [0, 0.1) is 0 Å². The molecule has 0 bridgehead atoms. The van der Waals surface area contributed by atoms with Crippen LogP contribution >= 0.6 is 0 Å². The standard InChI is InChI=1S/C11H11N3O/c12-14-10-4-1-9(2-5-10)3-6-11-7-13-8-15-11/h1-8,14H,12H2/b6-3+. The van der Waals surface area contributed by atoms with Gasteiger partial charge >= 0.3 is 0 Å². The lowest BCUT2D eigenvalue weighted by molar-refractivity contribution is 0.548. The van der Waals surface area contributed by atoms with Crippen LogP contribution in [0.1, 0.15) is 11.3 Å². The number of hydrogen-bond acceptors (Lipinski definition) is 4. The average Bonchev–Trinajstić information content (AvgIpc) is 2.80. The molecule has 1 heterocycles. The van der Waals surface area contributed by atoms with Gasteiger partial charge in [-0.25, -0.2) is 4.98 Å². The van der Waals surface area contributed by atoms with Crippen molar-refractivity contribution in [3.8, 4) is 0 Å². The molecule has 2 aromatic rings. The van der Waals surface area contributed by atoms with Crippen LogP contribution in [-0.2, 0) is 0 Å². The average molecular weight is 201 g/mol. The molecule has 2 rings (SSSR count). The van der Waals surface area contributed by atoms with Gasteiger partial charge in [0.25, 0.3) is 0 Å². The van der Waals surface area contributed by atoms with Crippen LogP contribution in [-0.4, -0.2) is 4.98 Å². The number of benzene rings is 1. The Labute approximate surface area is 87.4 Å². The highest BCUT2D eigenvalue weighted by atomic mass is 16.3. The molecular formula is C11H11N3O. The molecule has 4 nitrogen and oxygen atoms in total. The van der Waals surface area contributed by atoms with Crippen LogP contribution in [0.2, 0.25) is 0 Å². The van der Waals surface area contributed by atoms with Crippen molar-refractivity contribution < 1.29 is 4.42 Å². The smallest absolute Gasteiger partial charge is 0.181 e. The summed E-state index contributed by atoms with van der Waals surface area (Å²) in [5, 5.41) is 0. The fraction of sp³-hybridized carbons (Fsp3) is 0. The second kappa shape index (κ2) is 4.43. The summed E-state index contributed by atoms with van der Waals surface area (Å²) < 4.78 is 5.07. The predicted molar refractivity (Wildman–Crippen MR) is 59.7 cm³/mol. The Morgan fingerprint density at radius 2 is 2.00 bits per heavy atom. The monoisotopic (exact) mass is 201 g/mol. The topological polar surface area (TPSA) is 64.1 Å². The maximum atomic E-state index is 5.26. The van der Waals surface area contributed by atoms with Crippen LogP contribution < -0.4 is 11.3 Å². The number of hydrazine groups is 1. The molecule has 0 fully saturated rings. The molecule has 3 N–H and O–H groups in total. The number of nitrogens with zero attached hydrogens (tertiary/aromatic N) is 1. The summed E-state index contributed by atoms with van der Waals surface area (Å²) in [5.41, 5.74) is 4.53. The normalized spacial score (nSPS) is 10.7. The van der Waals surface area contributed by atoms with E-state index in [1.807, 2.05) is 36.4 Å². The molecule has 4 heteroatoms. The maximum Gasteiger partial charge on any atom is 0.181 e. The third-order valence-corrected chi connectivity index (χ3v) is 1.97. The van der Waals surface area contributed by atoms with Crippen molar-refractivity contribution in [1.82, 2.24) is 4.98 Å². The Hall–Kier alpha value is -2.07. The molecule has 76 valence electrons. The van der Waals surface area contributed by atoms with E-state index in [1.54, 1.807) is 6.20 Å². The van der Waals surface area contributed by atoms with Gasteiger partial charge in [-0.2, -0.15) is 0 Å². The lowest BCUT2D eigenvalue weighted by atomic mass is 10.2. The summed E-state index contributed by atoms with van der Waals surface area (Å²) in [4.78, 5) is 3.82. The fourth-order valence-electron chi connectivity index (χ4n) is 1.18. The fourth-order valence-corrected chi connectivity index (χ4v) is 1.18.